The Labute approximate surface area is 109 Å². The van der Waals surface area contributed by atoms with Crippen LogP contribution >= 0.6 is 11.6 Å². The van der Waals surface area contributed by atoms with Crippen LogP contribution in [0.4, 0.5) is 11.5 Å². The molecule has 7 heteroatoms. The van der Waals surface area contributed by atoms with Gasteiger partial charge >= 0.3 is 0 Å². The second-order valence-electron chi connectivity index (χ2n) is 4.89. The zero-order valence-corrected chi connectivity index (χ0v) is 10.8. The van der Waals surface area contributed by atoms with Crippen molar-refractivity contribution in [3.05, 3.63) is 11.0 Å². The van der Waals surface area contributed by atoms with Crippen molar-refractivity contribution in [2.75, 3.05) is 23.8 Å². The molecule has 1 aromatic heterocycles. The summed E-state index contributed by atoms with van der Waals surface area (Å²) >= 11 is 5.84. The lowest BCUT2D eigenvalue weighted by molar-refractivity contribution is -0.124. The molecule has 0 aliphatic carbocycles. The number of anilines is 2. The normalized spacial score (nSPS) is 29.9. The summed E-state index contributed by atoms with van der Waals surface area (Å²) in [5, 5.41) is 6.26. The van der Waals surface area contributed by atoms with Crippen molar-refractivity contribution >= 4 is 29.0 Å². The highest BCUT2D eigenvalue weighted by Crippen LogP contribution is 2.38. The Kier molecular flexibility index (Phi) is 2.46. The molecule has 18 heavy (non-hydrogen) atoms. The van der Waals surface area contributed by atoms with Gasteiger partial charge in [0.15, 0.2) is 5.82 Å². The predicted octanol–water partition coefficient (Wildman–Crippen LogP) is 1.21. The standard InChI is InChI=1S/C11H13ClN4O2/c1-5-7-8(16-10(12)13-5)14-6-3-18-4-11(6,2)9(17)15-7/h6H,3-4H2,1-2H3,(H,15,17)(H,13,14,16). The zero-order valence-electron chi connectivity index (χ0n) is 10.1. The molecule has 1 fully saturated rings. The lowest BCUT2D eigenvalue weighted by Gasteiger charge is -2.25. The number of aryl methyl sites for hydroxylation is 1. The number of hydrogen-bond donors (Lipinski definition) is 2. The quantitative estimate of drug-likeness (QED) is 0.692. The van der Waals surface area contributed by atoms with Gasteiger partial charge in [0.1, 0.15) is 5.69 Å². The lowest BCUT2D eigenvalue weighted by Crippen LogP contribution is -2.44. The van der Waals surface area contributed by atoms with E-state index in [1.807, 2.05) is 6.92 Å². The molecule has 2 aliphatic heterocycles. The Morgan fingerprint density at radius 3 is 3.06 bits per heavy atom. The van der Waals surface area contributed by atoms with Crippen LogP contribution < -0.4 is 10.6 Å². The summed E-state index contributed by atoms with van der Waals surface area (Å²) in [6.45, 7) is 4.53. The van der Waals surface area contributed by atoms with E-state index in [0.29, 0.717) is 30.4 Å². The molecule has 2 N–H and O–H groups in total. The minimum atomic E-state index is -0.598. The summed E-state index contributed by atoms with van der Waals surface area (Å²) < 4.78 is 5.40. The van der Waals surface area contributed by atoms with Crippen LogP contribution in [-0.4, -0.2) is 35.1 Å². The van der Waals surface area contributed by atoms with E-state index in [-0.39, 0.29) is 17.2 Å². The summed E-state index contributed by atoms with van der Waals surface area (Å²) in [5.74, 6) is 0.477. The molecule has 0 spiro atoms. The molecule has 2 unspecified atom stereocenters. The molecule has 1 amide bonds. The van der Waals surface area contributed by atoms with E-state index in [1.165, 1.54) is 0 Å². The SMILES string of the molecule is Cc1nc(Cl)nc2c1NC(=O)C1(C)COCC1N2. The summed E-state index contributed by atoms with van der Waals surface area (Å²) in [5.41, 5.74) is 0.648. The van der Waals surface area contributed by atoms with Crippen LogP contribution in [0.1, 0.15) is 12.6 Å². The first-order chi connectivity index (χ1) is 8.50. The van der Waals surface area contributed by atoms with E-state index < -0.39 is 5.41 Å². The van der Waals surface area contributed by atoms with Gasteiger partial charge in [-0.15, -0.1) is 0 Å². The van der Waals surface area contributed by atoms with E-state index in [9.17, 15) is 4.79 Å². The van der Waals surface area contributed by atoms with Crippen LogP contribution in [0.25, 0.3) is 0 Å². The Hall–Kier alpha value is -1.40. The van der Waals surface area contributed by atoms with Crippen molar-refractivity contribution in [1.29, 1.82) is 0 Å². The number of hydrogen-bond acceptors (Lipinski definition) is 5. The fourth-order valence-corrected chi connectivity index (χ4v) is 2.52. The van der Waals surface area contributed by atoms with E-state index in [4.69, 9.17) is 16.3 Å². The Morgan fingerprint density at radius 2 is 2.28 bits per heavy atom. The topological polar surface area (TPSA) is 76.1 Å². The highest BCUT2D eigenvalue weighted by Gasteiger charge is 2.48. The molecule has 96 valence electrons. The third-order valence-corrected chi connectivity index (χ3v) is 3.76. The van der Waals surface area contributed by atoms with Gasteiger partial charge in [0.25, 0.3) is 0 Å². The highest BCUT2D eigenvalue weighted by atomic mass is 35.5. The van der Waals surface area contributed by atoms with Gasteiger partial charge in [-0.3, -0.25) is 4.79 Å². The van der Waals surface area contributed by atoms with Gasteiger partial charge in [-0.1, -0.05) is 0 Å². The van der Waals surface area contributed by atoms with Crippen LogP contribution in [0.2, 0.25) is 5.28 Å². The van der Waals surface area contributed by atoms with Crippen LogP contribution in [0, 0.1) is 12.3 Å². The number of aromatic nitrogens is 2. The van der Waals surface area contributed by atoms with Crippen molar-refractivity contribution in [3.8, 4) is 0 Å². The maximum absolute atomic E-state index is 12.3. The molecule has 3 heterocycles. The van der Waals surface area contributed by atoms with Gasteiger partial charge in [-0.25, -0.2) is 4.98 Å². The van der Waals surface area contributed by atoms with E-state index >= 15 is 0 Å². The zero-order chi connectivity index (χ0) is 12.9. The van der Waals surface area contributed by atoms with Gasteiger partial charge < -0.3 is 15.4 Å². The Balaban J connectivity index is 2.11. The summed E-state index contributed by atoms with van der Waals surface area (Å²) in [6.07, 6.45) is 0. The number of ether oxygens (including phenoxy) is 1. The first-order valence-corrected chi connectivity index (χ1v) is 6.08. The monoisotopic (exact) mass is 268 g/mol. The molecule has 3 rings (SSSR count). The van der Waals surface area contributed by atoms with Crippen LogP contribution in [0.5, 0.6) is 0 Å². The third-order valence-electron chi connectivity index (χ3n) is 3.59. The summed E-state index contributed by atoms with van der Waals surface area (Å²) in [6, 6.07) is -0.107. The van der Waals surface area contributed by atoms with Crippen LogP contribution in [0.15, 0.2) is 0 Å². The number of rotatable bonds is 0. The third kappa shape index (κ3) is 1.56. The first kappa shape index (κ1) is 11.7. The lowest BCUT2D eigenvalue weighted by atomic mass is 9.84. The molecule has 0 saturated carbocycles. The largest absolute Gasteiger partial charge is 0.378 e. The highest BCUT2D eigenvalue weighted by molar-refractivity contribution is 6.28. The minimum Gasteiger partial charge on any atom is -0.378 e. The molecule has 6 nitrogen and oxygen atoms in total. The number of fused-ring (bicyclic) bond motifs is 2. The van der Waals surface area contributed by atoms with Gasteiger partial charge in [-0.05, 0) is 25.4 Å². The summed E-state index contributed by atoms with van der Waals surface area (Å²) in [7, 11) is 0. The molecule has 0 bridgehead atoms. The smallest absolute Gasteiger partial charge is 0.234 e. The van der Waals surface area contributed by atoms with E-state index in [0.717, 1.165) is 0 Å². The molecule has 0 aromatic carbocycles. The number of carbonyl (C=O) groups is 1. The Morgan fingerprint density at radius 1 is 1.50 bits per heavy atom. The number of carbonyl (C=O) groups excluding carboxylic acids is 1. The molecular weight excluding hydrogens is 256 g/mol. The van der Waals surface area contributed by atoms with Crippen molar-refractivity contribution < 1.29 is 9.53 Å². The maximum atomic E-state index is 12.3. The predicted molar refractivity (Wildman–Crippen MR) is 66.7 cm³/mol. The molecule has 2 aliphatic rings. The molecular formula is C11H13ClN4O2. The van der Waals surface area contributed by atoms with Crippen LogP contribution in [0.3, 0.4) is 0 Å². The average Bonchev–Trinajstić information content (AvgIpc) is 2.62. The van der Waals surface area contributed by atoms with Gasteiger partial charge in [0, 0.05) is 0 Å². The number of nitrogens with zero attached hydrogens (tertiary/aromatic N) is 2. The van der Waals surface area contributed by atoms with Gasteiger partial charge in [0.05, 0.1) is 30.4 Å². The van der Waals surface area contributed by atoms with E-state index in [1.54, 1.807) is 6.92 Å². The van der Waals surface area contributed by atoms with Crippen molar-refractivity contribution in [3.63, 3.8) is 0 Å². The molecule has 1 aromatic rings. The number of nitrogens with one attached hydrogen (secondary N) is 2. The fraction of sp³-hybridized carbons (Fsp3) is 0.545. The van der Waals surface area contributed by atoms with E-state index in [2.05, 4.69) is 20.6 Å². The van der Waals surface area contributed by atoms with Crippen molar-refractivity contribution in [2.24, 2.45) is 5.41 Å². The average molecular weight is 269 g/mol. The maximum Gasteiger partial charge on any atom is 0.234 e. The minimum absolute atomic E-state index is 0.0785. The van der Waals surface area contributed by atoms with Gasteiger partial charge in [0.2, 0.25) is 11.2 Å². The Bertz CT molecular complexity index is 536. The number of amides is 1. The van der Waals surface area contributed by atoms with Crippen LogP contribution in [-0.2, 0) is 9.53 Å². The van der Waals surface area contributed by atoms with Crippen molar-refractivity contribution in [2.45, 2.75) is 19.9 Å². The second kappa shape index (κ2) is 3.80. The molecule has 0 radical (unpaired) electrons. The fourth-order valence-electron chi connectivity index (χ4n) is 2.31. The second-order valence-corrected chi connectivity index (χ2v) is 5.22. The number of halogens is 1. The molecule has 1 saturated heterocycles. The molecule has 2 atom stereocenters. The first-order valence-electron chi connectivity index (χ1n) is 5.70. The van der Waals surface area contributed by atoms with Gasteiger partial charge in [-0.2, -0.15) is 4.98 Å². The van der Waals surface area contributed by atoms with Crippen molar-refractivity contribution in [1.82, 2.24) is 9.97 Å². The summed E-state index contributed by atoms with van der Waals surface area (Å²) in [4.78, 5) is 20.5.